The molecule has 1 N–H and O–H groups in total. The van der Waals surface area contributed by atoms with E-state index in [2.05, 4.69) is 12.2 Å². The fourth-order valence-electron chi connectivity index (χ4n) is 1.73. The van der Waals surface area contributed by atoms with Crippen LogP contribution in [0, 0.1) is 0 Å². The van der Waals surface area contributed by atoms with Gasteiger partial charge in [0.15, 0.2) is 0 Å². The molecule has 0 fully saturated rings. The predicted molar refractivity (Wildman–Crippen MR) is 72.7 cm³/mol. The molecule has 98 valence electrons. The Bertz CT molecular complexity index is 396. The van der Waals surface area contributed by atoms with Crippen LogP contribution < -0.4 is 4.74 Å². The van der Waals surface area contributed by atoms with Crippen molar-refractivity contribution in [3.05, 3.63) is 35.9 Å². The minimum atomic E-state index is -0.709. The van der Waals surface area contributed by atoms with E-state index in [1.54, 1.807) is 7.11 Å². The van der Waals surface area contributed by atoms with Gasteiger partial charge in [-0.15, -0.1) is 0 Å². The largest absolute Gasteiger partial charge is 0.496 e. The molecular weight excluding hydrogens is 228 g/mol. The van der Waals surface area contributed by atoms with Crippen LogP contribution in [0.15, 0.2) is 30.3 Å². The van der Waals surface area contributed by atoms with Gasteiger partial charge in [-0.25, -0.2) is 0 Å². The number of carbonyl (C=O) groups is 1. The van der Waals surface area contributed by atoms with Gasteiger partial charge in [0.2, 0.25) is 0 Å². The SMILES string of the molecule is COc1ccccc1C=CCCCCCC(=O)O. The van der Waals surface area contributed by atoms with E-state index in [4.69, 9.17) is 9.84 Å². The van der Waals surface area contributed by atoms with E-state index in [-0.39, 0.29) is 6.42 Å². The van der Waals surface area contributed by atoms with Gasteiger partial charge in [0.1, 0.15) is 5.75 Å². The van der Waals surface area contributed by atoms with Gasteiger partial charge in [-0.2, -0.15) is 0 Å². The van der Waals surface area contributed by atoms with E-state index in [1.807, 2.05) is 24.3 Å². The zero-order valence-electron chi connectivity index (χ0n) is 10.8. The maximum absolute atomic E-state index is 10.3. The number of para-hydroxylation sites is 1. The van der Waals surface area contributed by atoms with Gasteiger partial charge in [0.05, 0.1) is 7.11 Å². The summed E-state index contributed by atoms with van der Waals surface area (Å²) < 4.78 is 5.25. The molecular formula is C15H20O3. The molecule has 0 aromatic heterocycles. The monoisotopic (exact) mass is 248 g/mol. The molecule has 1 rings (SSSR count). The van der Waals surface area contributed by atoms with Crippen molar-refractivity contribution in [2.24, 2.45) is 0 Å². The molecule has 1 aromatic carbocycles. The van der Waals surface area contributed by atoms with Crippen LogP contribution in [0.2, 0.25) is 0 Å². The first-order chi connectivity index (χ1) is 8.74. The van der Waals surface area contributed by atoms with Crippen LogP contribution >= 0.6 is 0 Å². The van der Waals surface area contributed by atoms with Crippen LogP contribution in [-0.4, -0.2) is 18.2 Å². The van der Waals surface area contributed by atoms with E-state index < -0.39 is 5.97 Å². The van der Waals surface area contributed by atoms with E-state index >= 15 is 0 Å². The van der Waals surface area contributed by atoms with Gasteiger partial charge in [0.25, 0.3) is 0 Å². The summed E-state index contributed by atoms with van der Waals surface area (Å²) in [6.45, 7) is 0. The molecule has 3 nitrogen and oxygen atoms in total. The molecule has 0 radical (unpaired) electrons. The normalized spacial score (nSPS) is 10.7. The van der Waals surface area contributed by atoms with Crippen molar-refractivity contribution in [2.75, 3.05) is 7.11 Å². The third-order valence-electron chi connectivity index (χ3n) is 2.70. The average Bonchev–Trinajstić information content (AvgIpc) is 2.37. The maximum atomic E-state index is 10.3. The van der Waals surface area contributed by atoms with Crippen molar-refractivity contribution in [2.45, 2.75) is 32.1 Å². The number of hydrogen-bond acceptors (Lipinski definition) is 2. The molecule has 0 heterocycles. The second-order valence-electron chi connectivity index (χ2n) is 4.14. The van der Waals surface area contributed by atoms with Crippen LogP contribution in [0.25, 0.3) is 6.08 Å². The molecule has 0 aliphatic carbocycles. The Balaban J connectivity index is 2.26. The molecule has 0 spiro atoms. The highest BCUT2D eigenvalue weighted by Crippen LogP contribution is 2.19. The molecule has 18 heavy (non-hydrogen) atoms. The number of ether oxygens (including phenoxy) is 1. The van der Waals surface area contributed by atoms with Crippen LogP contribution in [0.4, 0.5) is 0 Å². The van der Waals surface area contributed by atoms with Crippen molar-refractivity contribution in [1.29, 1.82) is 0 Å². The number of rotatable bonds is 8. The standard InChI is InChI=1S/C15H20O3/c1-18-14-11-8-7-10-13(14)9-5-3-2-4-6-12-15(16)17/h5,7-11H,2-4,6,12H2,1H3,(H,16,17). The Morgan fingerprint density at radius 2 is 2.06 bits per heavy atom. The summed E-state index contributed by atoms with van der Waals surface area (Å²) >= 11 is 0. The first-order valence-electron chi connectivity index (χ1n) is 6.25. The van der Waals surface area contributed by atoms with Crippen molar-refractivity contribution in [1.82, 2.24) is 0 Å². The van der Waals surface area contributed by atoms with E-state index in [0.29, 0.717) is 0 Å². The molecule has 0 amide bonds. The summed E-state index contributed by atoms with van der Waals surface area (Å²) in [7, 11) is 1.67. The molecule has 0 saturated carbocycles. The lowest BCUT2D eigenvalue weighted by molar-refractivity contribution is -0.137. The summed E-state index contributed by atoms with van der Waals surface area (Å²) in [5, 5.41) is 8.49. The Morgan fingerprint density at radius 1 is 1.28 bits per heavy atom. The second kappa shape index (κ2) is 8.34. The van der Waals surface area contributed by atoms with Crippen molar-refractivity contribution in [3.63, 3.8) is 0 Å². The first-order valence-corrected chi connectivity index (χ1v) is 6.25. The van der Waals surface area contributed by atoms with Crippen molar-refractivity contribution in [3.8, 4) is 5.75 Å². The smallest absolute Gasteiger partial charge is 0.303 e. The topological polar surface area (TPSA) is 46.5 Å². The highest BCUT2D eigenvalue weighted by Gasteiger charge is 1.97. The lowest BCUT2D eigenvalue weighted by Crippen LogP contribution is -1.93. The van der Waals surface area contributed by atoms with Crippen LogP contribution in [-0.2, 0) is 4.79 Å². The third kappa shape index (κ3) is 5.53. The summed E-state index contributed by atoms with van der Waals surface area (Å²) in [5.41, 5.74) is 1.07. The number of benzene rings is 1. The van der Waals surface area contributed by atoms with Gasteiger partial charge >= 0.3 is 5.97 Å². The minimum absolute atomic E-state index is 0.274. The Kier molecular flexibility index (Phi) is 6.62. The van der Waals surface area contributed by atoms with E-state index in [0.717, 1.165) is 37.0 Å². The predicted octanol–water partition coefficient (Wildman–Crippen LogP) is 3.74. The lowest BCUT2D eigenvalue weighted by atomic mass is 10.1. The zero-order valence-corrected chi connectivity index (χ0v) is 10.8. The number of aliphatic carboxylic acids is 1. The molecule has 3 heteroatoms. The van der Waals surface area contributed by atoms with Crippen LogP contribution in [0.3, 0.4) is 0 Å². The van der Waals surface area contributed by atoms with Gasteiger partial charge in [-0.05, 0) is 25.3 Å². The van der Waals surface area contributed by atoms with Crippen LogP contribution in [0.1, 0.15) is 37.7 Å². The Labute approximate surface area is 108 Å². The number of carboxylic acid groups (broad SMARTS) is 1. The van der Waals surface area contributed by atoms with Crippen molar-refractivity contribution < 1.29 is 14.6 Å². The third-order valence-corrected chi connectivity index (χ3v) is 2.70. The van der Waals surface area contributed by atoms with Crippen molar-refractivity contribution >= 4 is 12.0 Å². The quantitative estimate of drug-likeness (QED) is 0.713. The molecule has 0 aliphatic rings. The summed E-state index contributed by atoms with van der Waals surface area (Å²) in [5.74, 6) is 0.166. The van der Waals surface area contributed by atoms with E-state index in [1.165, 1.54) is 0 Å². The molecule has 0 atom stereocenters. The minimum Gasteiger partial charge on any atom is -0.496 e. The Hall–Kier alpha value is -1.77. The summed E-state index contributed by atoms with van der Waals surface area (Å²) in [6.07, 6.45) is 8.15. The molecule has 0 saturated heterocycles. The maximum Gasteiger partial charge on any atom is 0.303 e. The van der Waals surface area contributed by atoms with Gasteiger partial charge in [0, 0.05) is 12.0 Å². The number of unbranched alkanes of at least 4 members (excludes halogenated alkanes) is 3. The average molecular weight is 248 g/mol. The lowest BCUT2D eigenvalue weighted by Gasteiger charge is -2.03. The molecule has 0 aliphatic heterocycles. The first kappa shape index (κ1) is 14.3. The van der Waals surface area contributed by atoms with Crippen LogP contribution in [0.5, 0.6) is 5.75 Å². The Morgan fingerprint density at radius 3 is 2.78 bits per heavy atom. The summed E-state index contributed by atoms with van der Waals surface area (Å²) in [4.78, 5) is 10.3. The number of methoxy groups -OCH3 is 1. The molecule has 0 bridgehead atoms. The fraction of sp³-hybridized carbons (Fsp3) is 0.400. The van der Waals surface area contributed by atoms with E-state index in [9.17, 15) is 4.79 Å². The molecule has 0 unspecified atom stereocenters. The zero-order chi connectivity index (χ0) is 13.2. The highest BCUT2D eigenvalue weighted by atomic mass is 16.5. The second-order valence-corrected chi connectivity index (χ2v) is 4.14. The van der Waals surface area contributed by atoms with Gasteiger partial charge < -0.3 is 9.84 Å². The number of allylic oxidation sites excluding steroid dienone is 1. The van der Waals surface area contributed by atoms with Gasteiger partial charge in [-0.3, -0.25) is 4.79 Å². The number of carboxylic acids is 1. The number of hydrogen-bond donors (Lipinski definition) is 1. The molecule has 1 aromatic rings. The highest BCUT2D eigenvalue weighted by molar-refractivity contribution is 5.66. The van der Waals surface area contributed by atoms with Gasteiger partial charge in [-0.1, -0.05) is 36.8 Å². The summed E-state index contributed by atoms with van der Waals surface area (Å²) in [6, 6.07) is 7.88. The fourth-order valence-corrected chi connectivity index (χ4v) is 1.73.